The highest BCUT2D eigenvalue weighted by molar-refractivity contribution is 14.1. The molecule has 37 heavy (non-hydrogen) atoms. The van der Waals surface area contributed by atoms with Gasteiger partial charge in [-0.2, -0.15) is 5.26 Å². The van der Waals surface area contributed by atoms with Crippen molar-refractivity contribution in [3.63, 3.8) is 0 Å². The molecule has 2 amide bonds. The van der Waals surface area contributed by atoms with Crippen molar-refractivity contribution < 1.29 is 19.1 Å². The molecular weight excluding hydrogens is 581 g/mol. The second kappa shape index (κ2) is 13.5. The molecule has 3 rings (SSSR count). The Kier molecular flexibility index (Phi) is 10.1. The van der Waals surface area contributed by atoms with Gasteiger partial charge in [-0.25, -0.2) is 0 Å². The lowest BCUT2D eigenvalue weighted by Crippen LogP contribution is -2.23. The predicted molar refractivity (Wildman–Crippen MR) is 152 cm³/mol. The fourth-order valence-corrected chi connectivity index (χ4v) is 4.32. The third-order valence-electron chi connectivity index (χ3n) is 5.31. The lowest BCUT2D eigenvalue weighted by Gasteiger charge is -2.15. The molecule has 2 N–H and O–H groups in total. The minimum Gasteiger partial charge on any atom is -0.490 e. The van der Waals surface area contributed by atoms with Crippen molar-refractivity contribution >= 4 is 46.2 Å². The van der Waals surface area contributed by atoms with Gasteiger partial charge >= 0.3 is 0 Å². The molecule has 0 fully saturated rings. The number of carbonyl (C=O) groups is 2. The summed E-state index contributed by atoms with van der Waals surface area (Å²) in [6.07, 6.45) is 1.50. The van der Waals surface area contributed by atoms with Crippen LogP contribution in [0.5, 0.6) is 11.5 Å². The summed E-state index contributed by atoms with van der Waals surface area (Å²) in [7, 11) is 0. The highest BCUT2D eigenvalue weighted by atomic mass is 127. The number of benzene rings is 3. The molecule has 0 spiro atoms. The van der Waals surface area contributed by atoms with E-state index < -0.39 is 5.91 Å². The van der Waals surface area contributed by atoms with E-state index in [0.29, 0.717) is 33.8 Å². The molecule has 0 unspecified atom stereocenters. The fourth-order valence-electron chi connectivity index (χ4n) is 3.54. The molecular formula is C29H28IN3O4. The van der Waals surface area contributed by atoms with Gasteiger partial charge in [-0.05, 0) is 84.3 Å². The summed E-state index contributed by atoms with van der Waals surface area (Å²) < 4.78 is 12.3. The Morgan fingerprint density at radius 1 is 1.05 bits per heavy atom. The average molecular weight is 609 g/mol. The minimum absolute atomic E-state index is 0.0318. The van der Waals surface area contributed by atoms with Gasteiger partial charge in [0.05, 0.1) is 10.2 Å². The normalized spacial score (nSPS) is 10.8. The number of nitrogens with one attached hydrogen (secondary N) is 2. The van der Waals surface area contributed by atoms with E-state index >= 15 is 0 Å². The molecule has 0 aliphatic rings. The van der Waals surface area contributed by atoms with Gasteiger partial charge in [0.15, 0.2) is 18.1 Å². The van der Waals surface area contributed by atoms with Crippen molar-refractivity contribution in [1.82, 2.24) is 5.32 Å². The summed E-state index contributed by atoms with van der Waals surface area (Å²) in [5.74, 6) is 0.0723. The summed E-state index contributed by atoms with van der Waals surface area (Å²) in [5, 5.41) is 15.2. The third-order valence-corrected chi connectivity index (χ3v) is 6.11. The largest absolute Gasteiger partial charge is 0.490 e. The first kappa shape index (κ1) is 27.7. The summed E-state index contributed by atoms with van der Waals surface area (Å²) in [6, 6.07) is 20.7. The molecule has 0 saturated carbocycles. The lowest BCUT2D eigenvalue weighted by molar-refractivity contribution is -0.118. The van der Waals surface area contributed by atoms with Crippen molar-refractivity contribution in [2.24, 2.45) is 0 Å². The van der Waals surface area contributed by atoms with Crippen LogP contribution in [0.25, 0.3) is 6.08 Å². The molecule has 7 nitrogen and oxygen atoms in total. The maximum Gasteiger partial charge on any atom is 0.262 e. The van der Waals surface area contributed by atoms with Crippen LogP contribution in [0.4, 0.5) is 5.69 Å². The Morgan fingerprint density at radius 3 is 2.49 bits per heavy atom. The molecule has 8 heteroatoms. The number of hydrogen-bond acceptors (Lipinski definition) is 5. The van der Waals surface area contributed by atoms with Crippen molar-refractivity contribution in [1.29, 1.82) is 5.26 Å². The van der Waals surface area contributed by atoms with Crippen LogP contribution < -0.4 is 20.1 Å². The van der Waals surface area contributed by atoms with Gasteiger partial charge in [0.2, 0.25) is 0 Å². The molecule has 3 aromatic rings. The zero-order chi connectivity index (χ0) is 26.8. The zero-order valence-electron chi connectivity index (χ0n) is 20.9. The van der Waals surface area contributed by atoms with Gasteiger partial charge in [-0.15, -0.1) is 0 Å². The van der Waals surface area contributed by atoms with Gasteiger partial charge in [0.1, 0.15) is 11.6 Å². The van der Waals surface area contributed by atoms with Crippen LogP contribution in [-0.4, -0.2) is 25.0 Å². The first-order chi connectivity index (χ1) is 17.8. The molecule has 190 valence electrons. The monoisotopic (exact) mass is 609 g/mol. The first-order valence-electron chi connectivity index (χ1n) is 11.7. The van der Waals surface area contributed by atoms with Crippen LogP contribution in [0.1, 0.15) is 29.2 Å². The number of halogens is 1. The maximum atomic E-state index is 12.6. The molecule has 0 aromatic heterocycles. The van der Waals surface area contributed by atoms with E-state index in [9.17, 15) is 14.9 Å². The third kappa shape index (κ3) is 8.08. The molecule has 0 heterocycles. The Bertz CT molecular complexity index is 1350. The van der Waals surface area contributed by atoms with Crippen molar-refractivity contribution in [3.8, 4) is 17.6 Å². The Hall–Kier alpha value is -3.84. The Balaban J connectivity index is 1.73. The van der Waals surface area contributed by atoms with Crippen molar-refractivity contribution in [3.05, 3.63) is 92.1 Å². The Labute approximate surface area is 230 Å². The standard InChI is InChI=1S/C29H28IN3O4/c1-4-36-26-15-22(13-23(16-31)29(35)32-17-21-8-6-5-7-9-21)14-24(30)28(26)37-18-27(34)33-25-11-10-19(2)12-20(25)3/h5-15H,4,17-18H2,1-3H3,(H,32,35)(H,33,34)/b23-13+. The molecule has 0 bridgehead atoms. The summed E-state index contributed by atoms with van der Waals surface area (Å²) >= 11 is 2.08. The number of nitriles is 1. The van der Waals surface area contributed by atoms with Gasteiger partial charge in [-0.1, -0.05) is 48.0 Å². The van der Waals surface area contributed by atoms with E-state index in [1.807, 2.05) is 75.4 Å². The summed E-state index contributed by atoms with van der Waals surface area (Å²) in [5.41, 5.74) is 4.32. The topological polar surface area (TPSA) is 100 Å². The van der Waals surface area contributed by atoms with Crippen LogP contribution in [0, 0.1) is 28.7 Å². The number of ether oxygens (including phenoxy) is 2. The number of amides is 2. The van der Waals surface area contributed by atoms with Crippen LogP contribution in [0.15, 0.2) is 66.2 Å². The predicted octanol–water partition coefficient (Wildman–Crippen LogP) is 5.55. The van der Waals surface area contributed by atoms with E-state index in [0.717, 1.165) is 22.4 Å². The highest BCUT2D eigenvalue weighted by Gasteiger charge is 2.16. The molecule has 0 atom stereocenters. The van der Waals surface area contributed by atoms with E-state index in [1.165, 1.54) is 6.08 Å². The van der Waals surface area contributed by atoms with E-state index in [1.54, 1.807) is 12.1 Å². The number of anilines is 1. The quantitative estimate of drug-likeness (QED) is 0.179. The van der Waals surface area contributed by atoms with Crippen LogP contribution in [-0.2, 0) is 16.1 Å². The molecule has 0 aliphatic carbocycles. The number of carbonyl (C=O) groups excluding carboxylic acids is 2. The maximum absolute atomic E-state index is 12.6. The van der Waals surface area contributed by atoms with Gasteiger partial charge in [0.25, 0.3) is 11.8 Å². The lowest BCUT2D eigenvalue weighted by atomic mass is 10.1. The summed E-state index contributed by atoms with van der Waals surface area (Å²) in [6.45, 7) is 6.25. The first-order valence-corrected chi connectivity index (χ1v) is 12.8. The average Bonchev–Trinajstić information content (AvgIpc) is 2.88. The van der Waals surface area contributed by atoms with E-state index in [4.69, 9.17) is 9.47 Å². The molecule has 3 aromatic carbocycles. The smallest absolute Gasteiger partial charge is 0.262 e. The fraction of sp³-hybridized carbons (Fsp3) is 0.207. The number of aryl methyl sites for hydroxylation is 2. The van der Waals surface area contributed by atoms with Gasteiger partial charge in [-0.3, -0.25) is 9.59 Å². The molecule has 0 saturated heterocycles. The van der Waals surface area contributed by atoms with Crippen LogP contribution in [0.2, 0.25) is 0 Å². The second-order valence-corrected chi connectivity index (χ2v) is 9.42. The van der Waals surface area contributed by atoms with Gasteiger partial charge < -0.3 is 20.1 Å². The van der Waals surface area contributed by atoms with Crippen LogP contribution >= 0.6 is 22.6 Å². The van der Waals surface area contributed by atoms with Gasteiger partial charge in [0, 0.05) is 12.2 Å². The Morgan fingerprint density at radius 2 is 1.81 bits per heavy atom. The van der Waals surface area contributed by atoms with Crippen molar-refractivity contribution in [2.45, 2.75) is 27.3 Å². The SMILES string of the molecule is CCOc1cc(/C=C(\C#N)C(=O)NCc2ccccc2)cc(I)c1OCC(=O)Nc1ccc(C)cc1C. The number of rotatable bonds is 10. The highest BCUT2D eigenvalue weighted by Crippen LogP contribution is 2.35. The number of hydrogen-bond donors (Lipinski definition) is 2. The molecule has 0 aliphatic heterocycles. The van der Waals surface area contributed by atoms with Crippen LogP contribution in [0.3, 0.4) is 0 Å². The second-order valence-electron chi connectivity index (χ2n) is 8.26. The molecule has 0 radical (unpaired) electrons. The van der Waals surface area contributed by atoms with Crippen molar-refractivity contribution in [2.75, 3.05) is 18.5 Å². The van der Waals surface area contributed by atoms with E-state index in [-0.39, 0.29) is 18.1 Å². The number of nitrogens with zero attached hydrogens (tertiary/aromatic N) is 1. The zero-order valence-corrected chi connectivity index (χ0v) is 23.1. The summed E-state index contributed by atoms with van der Waals surface area (Å²) in [4.78, 5) is 25.1. The van der Waals surface area contributed by atoms with E-state index in [2.05, 4.69) is 33.2 Å². The minimum atomic E-state index is -0.470.